The van der Waals surface area contributed by atoms with Crippen LogP contribution in [0.5, 0.6) is 0 Å². The Bertz CT molecular complexity index is 1050. The van der Waals surface area contributed by atoms with E-state index in [4.69, 9.17) is 9.15 Å². The largest absolute Gasteiger partial charge is 0.461 e. The summed E-state index contributed by atoms with van der Waals surface area (Å²) in [5, 5.41) is -0.979. The maximum Gasteiger partial charge on any atom is 0.416 e. The fourth-order valence-electron chi connectivity index (χ4n) is 5.60. The first kappa shape index (κ1) is 34.1. The SMILES string of the molecule is CC(C)(C)CC(C)(C)SC(=O)C(C(=O)SC(C)(C)CC(C)(C)C)[C@H](CC(=O)c1ccco1)C(=O)N1CCOC1=O. The number of carbonyl (C=O) groups is 5. The van der Waals surface area contributed by atoms with Gasteiger partial charge in [-0.1, -0.05) is 92.8 Å². The predicted octanol–water partition coefficient (Wildman–Crippen LogP) is 7.01. The molecule has 1 fully saturated rings. The number of ketones is 1. The molecule has 2 rings (SSSR count). The molecule has 1 saturated heterocycles. The van der Waals surface area contributed by atoms with Crippen molar-refractivity contribution in [2.24, 2.45) is 22.7 Å². The van der Waals surface area contributed by atoms with Crippen LogP contribution in [0.15, 0.2) is 22.8 Å². The molecule has 1 aromatic heterocycles. The van der Waals surface area contributed by atoms with Crippen LogP contribution in [-0.2, 0) is 19.1 Å². The van der Waals surface area contributed by atoms with Gasteiger partial charge in [-0.15, -0.1) is 0 Å². The standard InChI is InChI=1S/C30H45NO7S2/c1-27(2,3)17-29(7,8)39-24(34)22(25(35)40-30(9,10)18-28(4,5)6)19(16-20(32)21-12-11-14-37-21)23(33)31-13-15-38-26(31)36/h11-12,14,19,22H,13,15-18H2,1-10H3/t19-/m0/s1. The van der Waals surface area contributed by atoms with E-state index in [0.717, 1.165) is 28.4 Å². The van der Waals surface area contributed by atoms with Crippen LogP contribution >= 0.6 is 23.5 Å². The topological polar surface area (TPSA) is 111 Å². The molecule has 40 heavy (non-hydrogen) atoms. The van der Waals surface area contributed by atoms with E-state index in [1.807, 2.05) is 27.7 Å². The van der Waals surface area contributed by atoms with Crippen LogP contribution in [0.25, 0.3) is 0 Å². The highest BCUT2D eigenvalue weighted by Crippen LogP contribution is 2.44. The zero-order valence-electron chi connectivity index (χ0n) is 25.5. The summed E-state index contributed by atoms with van der Waals surface area (Å²) in [5.74, 6) is -4.12. The second-order valence-corrected chi connectivity index (χ2v) is 17.6. The number of Topliss-reactive ketones (excluding diaryl/α,β-unsaturated/α-hetero) is 1. The number of thioether (sulfide) groups is 2. The van der Waals surface area contributed by atoms with Gasteiger partial charge in [0.25, 0.3) is 0 Å². The van der Waals surface area contributed by atoms with Crippen molar-refractivity contribution in [1.82, 2.24) is 4.90 Å². The minimum absolute atomic E-state index is 0.0104. The molecule has 8 nitrogen and oxygen atoms in total. The van der Waals surface area contributed by atoms with Crippen molar-refractivity contribution in [1.29, 1.82) is 0 Å². The Labute approximate surface area is 247 Å². The molecule has 0 radical (unpaired) electrons. The summed E-state index contributed by atoms with van der Waals surface area (Å²) >= 11 is 2.05. The van der Waals surface area contributed by atoms with E-state index in [1.165, 1.54) is 12.3 Å². The molecule has 2 heterocycles. The lowest BCUT2D eigenvalue weighted by Crippen LogP contribution is -2.45. The third-order valence-electron chi connectivity index (χ3n) is 6.12. The van der Waals surface area contributed by atoms with Crippen molar-refractivity contribution >= 4 is 51.5 Å². The summed E-state index contributed by atoms with van der Waals surface area (Å²) in [6.45, 7) is 20.1. The number of furan rings is 1. The number of cyclic esters (lactones) is 1. The van der Waals surface area contributed by atoms with E-state index in [0.29, 0.717) is 12.8 Å². The van der Waals surface area contributed by atoms with E-state index in [1.54, 1.807) is 6.07 Å². The summed E-state index contributed by atoms with van der Waals surface area (Å²) < 4.78 is 9.11. The third kappa shape index (κ3) is 10.4. The number of amides is 2. The van der Waals surface area contributed by atoms with E-state index in [-0.39, 0.29) is 29.7 Å². The molecular weight excluding hydrogens is 550 g/mol. The smallest absolute Gasteiger partial charge is 0.416 e. The number of carbonyl (C=O) groups excluding carboxylic acids is 5. The molecule has 10 heteroatoms. The van der Waals surface area contributed by atoms with E-state index < -0.39 is 55.8 Å². The highest BCUT2D eigenvalue weighted by molar-refractivity contribution is 8.16. The lowest BCUT2D eigenvalue weighted by Gasteiger charge is -2.35. The molecule has 1 aromatic rings. The average molecular weight is 596 g/mol. The van der Waals surface area contributed by atoms with Gasteiger partial charge in [0.2, 0.25) is 16.1 Å². The average Bonchev–Trinajstić information content (AvgIpc) is 3.39. The number of rotatable bonds is 11. The fourth-order valence-corrected chi connectivity index (χ4v) is 8.57. The number of hydrogen-bond acceptors (Lipinski definition) is 9. The fraction of sp³-hybridized carbons (Fsp3) is 0.700. The van der Waals surface area contributed by atoms with Crippen molar-refractivity contribution in [3.8, 4) is 0 Å². The molecule has 0 aliphatic carbocycles. The first-order valence-electron chi connectivity index (χ1n) is 13.6. The van der Waals surface area contributed by atoms with Crippen molar-refractivity contribution in [2.45, 2.75) is 98.0 Å². The molecule has 1 atom stereocenters. The van der Waals surface area contributed by atoms with Crippen molar-refractivity contribution < 1.29 is 33.1 Å². The number of hydrogen-bond donors (Lipinski definition) is 0. The maximum atomic E-state index is 14.1. The summed E-state index contributed by atoms with van der Waals surface area (Å²) in [6, 6.07) is 3.01. The third-order valence-corrected chi connectivity index (χ3v) is 8.43. The lowest BCUT2D eigenvalue weighted by molar-refractivity contribution is -0.139. The zero-order chi connectivity index (χ0) is 30.7. The zero-order valence-corrected chi connectivity index (χ0v) is 27.2. The highest BCUT2D eigenvalue weighted by Gasteiger charge is 2.48. The first-order valence-corrected chi connectivity index (χ1v) is 15.2. The van der Waals surface area contributed by atoms with Crippen LogP contribution in [0, 0.1) is 22.7 Å². The second-order valence-electron chi connectivity index (χ2n) is 14.1. The highest BCUT2D eigenvalue weighted by atomic mass is 32.2. The molecule has 0 spiro atoms. The van der Waals surface area contributed by atoms with Crippen LogP contribution in [0.4, 0.5) is 4.79 Å². The van der Waals surface area contributed by atoms with Crippen LogP contribution in [0.2, 0.25) is 0 Å². The Morgan fingerprint density at radius 1 is 0.875 bits per heavy atom. The summed E-state index contributed by atoms with van der Waals surface area (Å²) in [5.41, 5.74) is -0.187. The molecule has 1 aliphatic heterocycles. The van der Waals surface area contributed by atoms with Crippen molar-refractivity contribution in [2.75, 3.05) is 13.2 Å². The number of nitrogens with zero attached hydrogens (tertiary/aromatic N) is 1. The van der Waals surface area contributed by atoms with E-state index >= 15 is 0 Å². The Balaban J connectivity index is 2.55. The maximum absolute atomic E-state index is 14.1. The van der Waals surface area contributed by atoms with Gasteiger partial charge in [-0.05, 0) is 35.8 Å². The Morgan fingerprint density at radius 3 is 1.75 bits per heavy atom. The van der Waals surface area contributed by atoms with Gasteiger partial charge in [0.15, 0.2) is 11.5 Å². The van der Waals surface area contributed by atoms with Gasteiger partial charge in [-0.2, -0.15) is 0 Å². The summed E-state index contributed by atoms with van der Waals surface area (Å²) in [7, 11) is 0. The molecule has 2 amide bonds. The van der Waals surface area contributed by atoms with Crippen molar-refractivity contribution in [3.05, 3.63) is 24.2 Å². The molecule has 0 bridgehead atoms. The second kappa shape index (κ2) is 12.8. The molecule has 0 unspecified atom stereocenters. The number of imide groups is 1. The van der Waals surface area contributed by atoms with Crippen LogP contribution in [0.3, 0.4) is 0 Å². The van der Waals surface area contributed by atoms with Crippen molar-refractivity contribution in [3.63, 3.8) is 0 Å². The van der Waals surface area contributed by atoms with Gasteiger partial charge in [-0.25, -0.2) is 9.69 Å². The van der Waals surface area contributed by atoms with E-state index in [9.17, 15) is 24.0 Å². The molecular formula is C30H45NO7S2. The molecule has 1 aliphatic rings. The van der Waals surface area contributed by atoms with Gasteiger partial charge in [-0.3, -0.25) is 19.2 Å². The Kier molecular flexibility index (Phi) is 11.0. The summed E-state index contributed by atoms with van der Waals surface area (Å²) in [6.07, 6.45) is 1.37. The van der Waals surface area contributed by atoms with Crippen LogP contribution in [-0.4, -0.2) is 55.6 Å². The van der Waals surface area contributed by atoms with E-state index in [2.05, 4.69) is 41.5 Å². The first-order chi connectivity index (χ1) is 18.1. The molecule has 0 N–H and O–H groups in total. The van der Waals surface area contributed by atoms with Crippen LogP contribution < -0.4 is 0 Å². The lowest BCUT2D eigenvalue weighted by atomic mass is 9.86. The van der Waals surface area contributed by atoms with Gasteiger partial charge < -0.3 is 9.15 Å². The minimum Gasteiger partial charge on any atom is -0.461 e. The molecule has 224 valence electrons. The number of ether oxygens (including phenoxy) is 1. The molecule has 0 aromatic carbocycles. The van der Waals surface area contributed by atoms with Gasteiger partial charge in [0, 0.05) is 15.9 Å². The summed E-state index contributed by atoms with van der Waals surface area (Å²) in [4.78, 5) is 68.4. The monoisotopic (exact) mass is 595 g/mol. The normalized spacial score (nSPS) is 15.8. The minimum atomic E-state index is -1.45. The van der Waals surface area contributed by atoms with Gasteiger partial charge >= 0.3 is 6.09 Å². The van der Waals surface area contributed by atoms with Gasteiger partial charge in [0.05, 0.1) is 18.7 Å². The Hall–Kier alpha value is -2.07. The van der Waals surface area contributed by atoms with Gasteiger partial charge in [0.1, 0.15) is 12.5 Å². The quantitative estimate of drug-likeness (QED) is 0.197. The Morgan fingerprint density at radius 2 is 1.38 bits per heavy atom. The van der Waals surface area contributed by atoms with Crippen LogP contribution in [0.1, 0.15) is 99.1 Å². The predicted molar refractivity (Wildman–Crippen MR) is 159 cm³/mol. The molecule has 0 saturated carbocycles.